The zero-order chi connectivity index (χ0) is 20.1. The number of hydrogen-bond acceptors (Lipinski definition) is 4. The van der Waals surface area contributed by atoms with E-state index in [1.807, 2.05) is 41.3 Å². The SMILES string of the molecule is COc1ccc(N2CCN(C(=O)CCc3ccc(C(C)=O)cc3)CC2C)cc1. The molecule has 0 N–H and O–H groups in total. The Hall–Kier alpha value is -2.82. The summed E-state index contributed by atoms with van der Waals surface area (Å²) in [5, 5.41) is 0. The van der Waals surface area contributed by atoms with Crippen molar-refractivity contribution in [3.63, 3.8) is 0 Å². The Morgan fingerprint density at radius 3 is 2.29 bits per heavy atom. The highest BCUT2D eigenvalue weighted by atomic mass is 16.5. The van der Waals surface area contributed by atoms with Crippen LogP contribution in [-0.4, -0.2) is 49.4 Å². The number of aryl methyl sites for hydroxylation is 1. The molecule has 0 saturated carbocycles. The van der Waals surface area contributed by atoms with Crippen molar-refractivity contribution in [2.24, 2.45) is 0 Å². The van der Waals surface area contributed by atoms with E-state index in [2.05, 4.69) is 24.0 Å². The number of anilines is 1. The number of amides is 1. The van der Waals surface area contributed by atoms with Gasteiger partial charge in [0.1, 0.15) is 5.75 Å². The molecule has 1 aliphatic rings. The van der Waals surface area contributed by atoms with E-state index in [0.29, 0.717) is 18.4 Å². The maximum Gasteiger partial charge on any atom is 0.223 e. The topological polar surface area (TPSA) is 49.9 Å². The summed E-state index contributed by atoms with van der Waals surface area (Å²) in [7, 11) is 1.67. The maximum absolute atomic E-state index is 12.7. The van der Waals surface area contributed by atoms with Gasteiger partial charge in [-0.3, -0.25) is 9.59 Å². The summed E-state index contributed by atoms with van der Waals surface area (Å²) < 4.78 is 5.23. The molecule has 3 rings (SSSR count). The normalized spacial score (nSPS) is 16.8. The second kappa shape index (κ2) is 8.91. The first kappa shape index (κ1) is 19.9. The van der Waals surface area contributed by atoms with Crippen LogP contribution in [-0.2, 0) is 11.2 Å². The molecular weight excluding hydrogens is 352 g/mol. The predicted octanol–water partition coefficient (Wildman–Crippen LogP) is 3.57. The lowest BCUT2D eigenvalue weighted by Gasteiger charge is -2.41. The van der Waals surface area contributed by atoms with Gasteiger partial charge in [0.25, 0.3) is 0 Å². The average Bonchev–Trinajstić information content (AvgIpc) is 2.72. The van der Waals surface area contributed by atoms with Crippen LogP contribution in [0, 0.1) is 0 Å². The van der Waals surface area contributed by atoms with Gasteiger partial charge in [0, 0.05) is 43.3 Å². The Morgan fingerprint density at radius 1 is 1.04 bits per heavy atom. The van der Waals surface area contributed by atoms with E-state index in [9.17, 15) is 9.59 Å². The molecule has 1 atom stereocenters. The lowest BCUT2D eigenvalue weighted by molar-refractivity contribution is -0.131. The molecule has 0 bridgehead atoms. The van der Waals surface area contributed by atoms with Gasteiger partial charge in [-0.15, -0.1) is 0 Å². The van der Waals surface area contributed by atoms with Gasteiger partial charge in [-0.1, -0.05) is 24.3 Å². The van der Waals surface area contributed by atoms with Gasteiger partial charge in [-0.25, -0.2) is 0 Å². The van der Waals surface area contributed by atoms with Crippen LogP contribution in [0.25, 0.3) is 0 Å². The molecule has 5 nitrogen and oxygen atoms in total. The Kier molecular flexibility index (Phi) is 6.34. The van der Waals surface area contributed by atoms with E-state index in [-0.39, 0.29) is 17.7 Å². The van der Waals surface area contributed by atoms with Crippen molar-refractivity contribution in [1.82, 2.24) is 4.90 Å². The van der Waals surface area contributed by atoms with Gasteiger partial charge < -0.3 is 14.5 Å². The van der Waals surface area contributed by atoms with Gasteiger partial charge in [-0.2, -0.15) is 0 Å². The third-order valence-electron chi connectivity index (χ3n) is 5.37. The summed E-state index contributed by atoms with van der Waals surface area (Å²) in [6.07, 6.45) is 1.19. The highest BCUT2D eigenvalue weighted by Gasteiger charge is 2.26. The van der Waals surface area contributed by atoms with E-state index in [4.69, 9.17) is 4.74 Å². The molecule has 5 heteroatoms. The van der Waals surface area contributed by atoms with Gasteiger partial charge in [-0.05, 0) is 50.1 Å². The zero-order valence-electron chi connectivity index (χ0n) is 16.9. The molecular formula is C23H28N2O3. The van der Waals surface area contributed by atoms with E-state index < -0.39 is 0 Å². The fourth-order valence-electron chi connectivity index (χ4n) is 3.66. The number of hydrogen-bond donors (Lipinski definition) is 0. The molecule has 148 valence electrons. The zero-order valence-corrected chi connectivity index (χ0v) is 16.9. The third kappa shape index (κ3) is 4.71. The Balaban J connectivity index is 1.52. The molecule has 1 saturated heterocycles. The molecule has 1 amide bonds. The van der Waals surface area contributed by atoms with Gasteiger partial charge in [0.15, 0.2) is 5.78 Å². The van der Waals surface area contributed by atoms with Crippen molar-refractivity contribution in [3.05, 3.63) is 59.7 Å². The Morgan fingerprint density at radius 2 is 1.71 bits per heavy atom. The molecule has 0 spiro atoms. The number of methoxy groups -OCH3 is 1. The van der Waals surface area contributed by atoms with Crippen molar-refractivity contribution in [3.8, 4) is 5.75 Å². The van der Waals surface area contributed by atoms with E-state index in [0.717, 1.165) is 36.6 Å². The first-order chi connectivity index (χ1) is 13.5. The number of nitrogens with zero attached hydrogens (tertiary/aromatic N) is 2. The quantitative estimate of drug-likeness (QED) is 0.719. The maximum atomic E-state index is 12.7. The molecule has 0 radical (unpaired) electrons. The van der Waals surface area contributed by atoms with Gasteiger partial charge >= 0.3 is 0 Å². The fraction of sp³-hybridized carbons (Fsp3) is 0.391. The minimum Gasteiger partial charge on any atom is -0.497 e. The van der Waals surface area contributed by atoms with Crippen LogP contribution < -0.4 is 9.64 Å². The van der Waals surface area contributed by atoms with Crippen LogP contribution in [0.3, 0.4) is 0 Å². The van der Waals surface area contributed by atoms with Crippen molar-refractivity contribution in [2.75, 3.05) is 31.6 Å². The number of carbonyl (C=O) groups excluding carboxylic acids is 2. The molecule has 2 aromatic carbocycles. The first-order valence-corrected chi connectivity index (χ1v) is 9.76. The summed E-state index contributed by atoms with van der Waals surface area (Å²) in [6, 6.07) is 15.9. The van der Waals surface area contributed by atoms with Crippen LogP contribution in [0.2, 0.25) is 0 Å². The van der Waals surface area contributed by atoms with Crippen LogP contribution in [0.4, 0.5) is 5.69 Å². The van der Waals surface area contributed by atoms with Crippen molar-refractivity contribution in [2.45, 2.75) is 32.7 Å². The highest BCUT2D eigenvalue weighted by Crippen LogP contribution is 2.23. The monoisotopic (exact) mass is 380 g/mol. The smallest absolute Gasteiger partial charge is 0.223 e. The number of piperazine rings is 1. The summed E-state index contributed by atoms with van der Waals surface area (Å²) in [5.41, 5.74) is 2.95. The lowest BCUT2D eigenvalue weighted by atomic mass is 10.0. The summed E-state index contributed by atoms with van der Waals surface area (Å²) in [4.78, 5) is 28.3. The van der Waals surface area contributed by atoms with Crippen LogP contribution in [0.1, 0.15) is 36.2 Å². The van der Waals surface area contributed by atoms with E-state index >= 15 is 0 Å². The van der Waals surface area contributed by atoms with E-state index in [1.54, 1.807) is 14.0 Å². The number of benzene rings is 2. The van der Waals surface area contributed by atoms with Crippen molar-refractivity contribution >= 4 is 17.4 Å². The average molecular weight is 380 g/mol. The molecule has 2 aromatic rings. The van der Waals surface area contributed by atoms with Crippen molar-refractivity contribution < 1.29 is 14.3 Å². The molecule has 1 aliphatic heterocycles. The predicted molar refractivity (Wildman–Crippen MR) is 111 cm³/mol. The summed E-state index contributed by atoms with van der Waals surface area (Å²) >= 11 is 0. The van der Waals surface area contributed by atoms with Gasteiger partial charge in [0.2, 0.25) is 5.91 Å². The van der Waals surface area contributed by atoms with Crippen LogP contribution in [0.5, 0.6) is 5.75 Å². The standard InChI is InChI=1S/C23H28N2O3/c1-17-16-24(14-15-25(17)21-9-11-22(28-3)12-10-21)23(27)13-6-19-4-7-20(8-5-19)18(2)26/h4-5,7-12,17H,6,13-16H2,1-3H3. The summed E-state index contributed by atoms with van der Waals surface area (Å²) in [6.45, 7) is 6.01. The molecule has 1 heterocycles. The summed E-state index contributed by atoms with van der Waals surface area (Å²) in [5.74, 6) is 1.10. The second-order valence-corrected chi connectivity index (χ2v) is 7.33. The minimum absolute atomic E-state index is 0.0614. The Bertz CT molecular complexity index is 815. The number of carbonyl (C=O) groups is 2. The van der Waals surface area contributed by atoms with Crippen LogP contribution >= 0.6 is 0 Å². The van der Waals surface area contributed by atoms with Gasteiger partial charge in [0.05, 0.1) is 7.11 Å². The molecule has 1 unspecified atom stereocenters. The largest absolute Gasteiger partial charge is 0.497 e. The minimum atomic E-state index is 0.0614. The molecule has 28 heavy (non-hydrogen) atoms. The fourth-order valence-corrected chi connectivity index (χ4v) is 3.66. The second-order valence-electron chi connectivity index (χ2n) is 7.33. The highest BCUT2D eigenvalue weighted by molar-refractivity contribution is 5.94. The third-order valence-corrected chi connectivity index (χ3v) is 5.37. The number of ether oxygens (including phenoxy) is 1. The van der Waals surface area contributed by atoms with Crippen LogP contribution in [0.15, 0.2) is 48.5 Å². The number of rotatable bonds is 6. The first-order valence-electron chi connectivity index (χ1n) is 9.76. The molecule has 0 aromatic heterocycles. The number of Topliss-reactive ketones (excluding diaryl/α,β-unsaturated/α-hetero) is 1. The lowest BCUT2D eigenvalue weighted by Crippen LogP contribution is -2.53. The molecule has 0 aliphatic carbocycles. The number of ketones is 1. The Labute approximate surface area is 166 Å². The van der Waals surface area contributed by atoms with Crippen molar-refractivity contribution in [1.29, 1.82) is 0 Å². The van der Waals surface area contributed by atoms with E-state index in [1.165, 1.54) is 0 Å². The molecule has 1 fully saturated rings.